The number of carboxylic acids is 1. The van der Waals surface area contributed by atoms with Gasteiger partial charge in [0.1, 0.15) is 5.75 Å². The van der Waals surface area contributed by atoms with Gasteiger partial charge in [-0.1, -0.05) is 30.3 Å². The number of pyridine rings is 1. The highest BCUT2D eigenvalue weighted by molar-refractivity contribution is 5.92. The number of hydrogen-bond acceptors (Lipinski definition) is 4. The second-order valence-electron chi connectivity index (χ2n) is 6.78. The van der Waals surface area contributed by atoms with E-state index in [0.29, 0.717) is 11.4 Å². The quantitative estimate of drug-likeness (QED) is 0.552. The molecule has 0 aliphatic heterocycles. The summed E-state index contributed by atoms with van der Waals surface area (Å²) in [6.07, 6.45) is 5.15. The predicted octanol–water partition coefficient (Wildman–Crippen LogP) is 3.61. The van der Waals surface area contributed by atoms with Gasteiger partial charge in [0.05, 0.1) is 24.6 Å². The van der Waals surface area contributed by atoms with E-state index in [1.54, 1.807) is 43.8 Å². The molecule has 0 atom stereocenters. The molecule has 7 nitrogen and oxygen atoms in total. The summed E-state index contributed by atoms with van der Waals surface area (Å²) >= 11 is 0. The molecule has 0 unspecified atom stereocenters. The fourth-order valence-electron chi connectivity index (χ4n) is 3.32. The Hall–Kier alpha value is -4.13. The zero-order chi connectivity index (χ0) is 21.3. The van der Waals surface area contributed by atoms with Gasteiger partial charge in [0, 0.05) is 42.7 Å². The maximum atomic E-state index is 12.3. The zero-order valence-corrected chi connectivity index (χ0v) is 16.4. The van der Waals surface area contributed by atoms with Crippen molar-refractivity contribution in [3.05, 3.63) is 89.1 Å². The van der Waals surface area contributed by atoms with Crippen LogP contribution in [0.1, 0.15) is 10.4 Å². The normalized spacial score (nSPS) is 10.7. The first-order valence-electron chi connectivity index (χ1n) is 9.21. The third kappa shape index (κ3) is 3.48. The van der Waals surface area contributed by atoms with Crippen molar-refractivity contribution >= 4 is 5.97 Å². The number of aromatic nitrogens is 3. The van der Waals surface area contributed by atoms with Crippen LogP contribution in [-0.2, 0) is 7.05 Å². The van der Waals surface area contributed by atoms with Gasteiger partial charge in [-0.05, 0) is 23.3 Å². The molecule has 2 heterocycles. The van der Waals surface area contributed by atoms with Gasteiger partial charge in [0.25, 0.3) is 5.56 Å². The predicted molar refractivity (Wildman–Crippen MR) is 113 cm³/mol. The van der Waals surface area contributed by atoms with E-state index in [0.717, 1.165) is 22.3 Å². The van der Waals surface area contributed by atoms with Gasteiger partial charge in [-0.3, -0.25) is 4.79 Å². The Kier molecular flexibility index (Phi) is 4.93. The number of aromatic carboxylic acids is 1. The minimum atomic E-state index is -1.06. The van der Waals surface area contributed by atoms with Crippen LogP contribution in [0.15, 0.2) is 78.0 Å². The third-order valence-electron chi connectivity index (χ3n) is 4.89. The maximum absolute atomic E-state index is 12.3. The summed E-state index contributed by atoms with van der Waals surface area (Å²) in [5, 5.41) is 13.9. The number of hydrogen-bond donors (Lipinski definition) is 1. The molecule has 30 heavy (non-hydrogen) atoms. The number of methoxy groups -OCH3 is 1. The van der Waals surface area contributed by atoms with Gasteiger partial charge in [-0.15, -0.1) is 0 Å². The van der Waals surface area contributed by atoms with Gasteiger partial charge in [0.2, 0.25) is 0 Å². The van der Waals surface area contributed by atoms with E-state index in [4.69, 9.17) is 4.74 Å². The molecule has 0 saturated heterocycles. The average molecular weight is 401 g/mol. The molecule has 2 aromatic heterocycles. The highest BCUT2D eigenvalue weighted by Crippen LogP contribution is 2.31. The van der Waals surface area contributed by atoms with Gasteiger partial charge < -0.3 is 14.4 Å². The van der Waals surface area contributed by atoms with Crippen LogP contribution in [-0.4, -0.2) is 32.5 Å². The number of ether oxygens (including phenoxy) is 1. The lowest BCUT2D eigenvalue weighted by molar-refractivity contribution is 0.0696. The highest BCUT2D eigenvalue weighted by Gasteiger charge is 2.16. The van der Waals surface area contributed by atoms with E-state index in [-0.39, 0.29) is 11.1 Å². The molecule has 0 aliphatic rings. The van der Waals surface area contributed by atoms with E-state index in [1.165, 1.54) is 22.4 Å². The number of carbonyl (C=O) groups is 1. The summed E-state index contributed by atoms with van der Waals surface area (Å²) in [7, 11) is 3.21. The molecule has 150 valence electrons. The van der Waals surface area contributed by atoms with Gasteiger partial charge in [0.15, 0.2) is 0 Å². The molecule has 0 saturated carbocycles. The summed E-state index contributed by atoms with van der Waals surface area (Å²) in [6, 6.07) is 15.9. The van der Waals surface area contributed by atoms with Crippen LogP contribution in [0.3, 0.4) is 0 Å². The van der Waals surface area contributed by atoms with Crippen LogP contribution in [0, 0.1) is 0 Å². The van der Waals surface area contributed by atoms with Crippen molar-refractivity contribution < 1.29 is 14.6 Å². The molecule has 0 amide bonds. The molecule has 0 spiro atoms. The molecule has 0 fully saturated rings. The Balaban J connectivity index is 1.88. The molecular formula is C23H19N3O4. The second kappa shape index (κ2) is 7.71. The van der Waals surface area contributed by atoms with Crippen LogP contribution >= 0.6 is 0 Å². The van der Waals surface area contributed by atoms with E-state index >= 15 is 0 Å². The van der Waals surface area contributed by atoms with Crippen molar-refractivity contribution in [3.8, 4) is 33.7 Å². The van der Waals surface area contributed by atoms with Crippen molar-refractivity contribution in [2.75, 3.05) is 7.11 Å². The molecule has 2 aromatic carbocycles. The Morgan fingerprint density at radius 2 is 1.77 bits per heavy atom. The molecule has 4 aromatic rings. The number of aryl methyl sites for hydroxylation is 1. The topological polar surface area (TPSA) is 86.4 Å². The van der Waals surface area contributed by atoms with Crippen molar-refractivity contribution in [1.29, 1.82) is 0 Å². The highest BCUT2D eigenvalue weighted by atomic mass is 16.5. The number of nitrogens with zero attached hydrogens (tertiary/aromatic N) is 3. The molecule has 1 N–H and O–H groups in total. The van der Waals surface area contributed by atoms with Crippen molar-refractivity contribution in [3.63, 3.8) is 0 Å². The van der Waals surface area contributed by atoms with Crippen molar-refractivity contribution in [2.24, 2.45) is 7.05 Å². The fraction of sp³-hybridized carbons (Fsp3) is 0.0870. The second-order valence-corrected chi connectivity index (χ2v) is 6.78. The lowest BCUT2D eigenvalue weighted by Gasteiger charge is -2.11. The Morgan fingerprint density at radius 1 is 1.00 bits per heavy atom. The van der Waals surface area contributed by atoms with Crippen LogP contribution < -0.4 is 10.3 Å². The third-order valence-corrected chi connectivity index (χ3v) is 4.89. The monoisotopic (exact) mass is 401 g/mol. The summed E-state index contributed by atoms with van der Waals surface area (Å²) in [5.74, 6) is -0.532. The molecule has 0 radical (unpaired) electrons. The number of carboxylic acid groups (broad SMARTS) is 1. The molecule has 4 rings (SSSR count). The number of rotatable bonds is 5. The van der Waals surface area contributed by atoms with Gasteiger partial charge >= 0.3 is 5.97 Å². The lowest BCUT2D eigenvalue weighted by atomic mass is 9.98. The van der Waals surface area contributed by atoms with Crippen LogP contribution in [0.5, 0.6) is 5.75 Å². The van der Waals surface area contributed by atoms with E-state index in [9.17, 15) is 14.7 Å². The van der Waals surface area contributed by atoms with Gasteiger partial charge in [-0.25, -0.2) is 9.48 Å². The lowest BCUT2D eigenvalue weighted by Crippen LogP contribution is -2.15. The molecule has 0 bridgehead atoms. The Morgan fingerprint density at radius 3 is 2.47 bits per heavy atom. The standard InChI is InChI=1S/C23H19N3O4/c1-25-14-20(19(11-22(25)27)15-6-4-3-5-7-15)16-12-24-26(13-16)21-10-17(30-2)8-9-18(21)23(28)29/h3-14H,1-2H3,(H,28,29). The largest absolute Gasteiger partial charge is 0.497 e. The van der Waals surface area contributed by atoms with E-state index < -0.39 is 5.97 Å². The summed E-state index contributed by atoms with van der Waals surface area (Å²) in [5.41, 5.74) is 3.63. The maximum Gasteiger partial charge on any atom is 0.337 e. The minimum Gasteiger partial charge on any atom is -0.497 e. The minimum absolute atomic E-state index is 0.106. The van der Waals surface area contributed by atoms with Crippen molar-refractivity contribution in [1.82, 2.24) is 14.3 Å². The summed E-state index contributed by atoms with van der Waals surface area (Å²) in [4.78, 5) is 23.9. The van der Waals surface area contributed by atoms with Gasteiger partial charge in [-0.2, -0.15) is 5.10 Å². The molecular weight excluding hydrogens is 382 g/mol. The van der Waals surface area contributed by atoms with Crippen molar-refractivity contribution in [2.45, 2.75) is 0 Å². The Labute approximate surface area is 172 Å². The smallest absolute Gasteiger partial charge is 0.337 e. The Bertz CT molecular complexity index is 1290. The van der Waals surface area contributed by atoms with E-state index in [1.807, 2.05) is 30.3 Å². The molecule has 0 aliphatic carbocycles. The zero-order valence-electron chi connectivity index (χ0n) is 16.4. The fourth-order valence-corrected chi connectivity index (χ4v) is 3.32. The SMILES string of the molecule is COc1ccc(C(=O)O)c(-n2cc(-c3cn(C)c(=O)cc3-c3ccccc3)cn2)c1. The first-order valence-corrected chi connectivity index (χ1v) is 9.21. The first-order chi connectivity index (χ1) is 14.5. The molecule has 7 heteroatoms. The van der Waals surface area contributed by atoms with Crippen LogP contribution in [0.2, 0.25) is 0 Å². The first kappa shape index (κ1) is 19.2. The van der Waals surface area contributed by atoms with Crippen LogP contribution in [0.25, 0.3) is 27.9 Å². The van der Waals surface area contributed by atoms with E-state index in [2.05, 4.69) is 5.10 Å². The van der Waals surface area contributed by atoms with Crippen LogP contribution in [0.4, 0.5) is 0 Å². The number of benzene rings is 2. The summed E-state index contributed by atoms with van der Waals surface area (Å²) < 4.78 is 8.24. The summed E-state index contributed by atoms with van der Waals surface area (Å²) in [6.45, 7) is 0. The average Bonchev–Trinajstić information content (AvgIpc) is 3.25.